The van der Waals surface area contributed by atoms with Gasteiger partial charge in [0, 0.05) is 27.1 Å². The van der Waals surface area contributed by atoms with Crippen LogP contribution in [0.2, 0.25) is 0 Å². The van der Waals surface area contributed by atoms with E-state index in [2.05, 4.69) is 31.0 Å². The number of para-hydroxylation sites is 1. The predicted molar refractivity (Wildman–Crippen MR) is 177 cm³/mol. The zero-order chi connectivity index (χ0) is 31.3. The van der Waals surface area contributed by atoms with Crippen LogP contribution in [-0.4, -0.2) is 32.2 Å². The summed E-state index contributed by atoms with van der Waals surface area (Å²) in [6.45, 7) is 4.01. The molecule has 5 rings (SSSR count). The number of sulfonamides is 1. The summed E-state index contributed by atoms with van der Waals surface area (Å²) in [5.41, 5.74) is 7.56. The molecule has 8 nitrogen and oxygen atoms in total. The summed E-state index contributed by atoms with van der Waals surface area (Å²) in [7, 11) is -2.56. The van der Waals surface area contributed by atoms with Gasteiger partial charge in [-0.25, -0.2) is 13.8 Å². The normalized spacial score (nSPS) is 11.5. The molecule has 4 aromatic carbocycles. The van der Waals surface area contributed by atoms with E-state index >= 15 is 0 Å². The molecule has 0 saturated carbocycles. The van der Waals surface area contributed by atoms with Crippen molar-refractivity contribution >= 4 is 43.8 Å². The van der Waals surface area contributed by atoms with E-state index in [1.54, 1.807) is 42.6 Å². The number of aryl methyl sites for hydroxylation is 1. The molecule has 0 saturated heterocycles. The number of anilines is 1. The minimum absolute atomic E-state index is 0.0182. The van der Waals surface area contributed by atoms with Crippen molar-refractivity contribution in [2.75, 3.05) is 11.4 Å². The summed E-state index contributed by atoms with van der Waals surface area (Å²) >= 11 is 3.53. The second-order valence-electron chi connectivity index (χ2n) is 10.0. The molecule has 224 valence electrons. The highest BCUT2D eigenvalue weighted by Gasteiger charge is 2.28. The van der Waals surface area contributed by atoms with E-state index in [-0.39, 0.29) is 22.7 Å². The van der Waals surface area contributed by atoms with Crippen molar-refractivity contribution in [1.29, 1.82) is 0 Å². The van der Waals surface area contributed by atoms with E-state index in [0.717, 1.165) is 32.7 Å². The summed E-state index contributed by atoms with van der Waals surface area (Å²) in [5.74, 6) is -0.00532. The molecule has 0 spiro atoms. The minimum Gasteiger partial charge on any atom is -0.497 e. The summed E-state index contributed by atoms with van der Waals surface area (Å²) in [4.78, 5) is 13.6. The largest absolute Gasteiger partial charge is 0.497 e. The fraction of sp³-hybridized carbons (Fsp3) is 0.118. The van der Waals surface area contributed by atoms with Crippen LogP contribution in [-0.2, 0) is 16.6 Å². The average Bonchev–Trinajstić information content (AvgIpc) is 3.32. The number of hydrazone groups is 1. The molecule has 0 aliphatic rings. The maximum absolute atomic E-state index is 14.0. The van der Waals surface area contributed by atoms with Gasteiger partial charge in [-0.3, -0.25) is 9.10 Å². The Hall–Kier alpha value is -4.67. The summed E-state index contributed by atoms with van der Waals surface area (Å²) in [6, 6.07) is 32.0. The number of halogens is 1. The van der Waals surface area contributed by atoms with E-state index in [4.69, 9.17) is 4.74 Å². The molecular formula is C34H31BrN4O4S. The molecule has 0 aliphatic carbocycles. The molecule has 1 aromatic heterocycles. The van der Waals surface area contributed by atoms with Crippen LogP contribution in [0.3, 0.4) is 0 Å². The second kappa shape index (κ2) is 13.3. The number of methoxy groups -OCH3 is 1. The maximum atomic E-state index is 14.0. The van der Waals surface area contributed by atoms with Gasteiger partial charge in [0.15, 0.2) is 0 Å². The van der Waals surface area contributed by atoms with E-state index in [1.807, 2.05) is 74.5 Å². The Balaban J connectivity index is 1.45. The highest BCUT2D eigenvalue weighted by atomic mass is 79.9. The summed E-state index contributed by atoms with van der Waals surface area (Å²) in [6.07, 6.45) is 1.59. The predicted octanol–water partition coefficient (Wildman–Crippen LogP) is 7.02. The lowest BCUT2D eigenvalue weighted by Gasteiger charge is -2.26. The third-order valence-corrected chi connectivity index (χ3v) is 9.41. The van der Waals surface area contributed by atoms with Crippen LogP contribution in [0.5, 0.6) is 5.75 Å². The first-order chi connectivity index (χ1) is 21.2. The topological polar surface area (TPSA) is 93.0 Å². The molecule has 1 heterocycles. The number of rotatable bonds is 10. The van der Waals surface area contributed by atoms with Gasteiger partial charge in [-0.05, 0) is 80.1 Å². The van der Waals surface area contributed by atoms with Crippen molar-refractivity contribution in [2.45, 2.75) is 25.3 Å². The number of ether oxygens (including phenoxy) is 1. The highest BCUT2D eigenvalue weighted by molar-refractivity contribution is 9.10. The van der Waals surface area contributed by atoms with Crippen LogP contribution >= 0.6 is 15.9 Å². The Morgan fingerprint density at radius 3 is 2.34 bits per heavy atom. The molecule has 10 heteroatoms. The van der Waals surface area contributed by atoms with Gasteiger partial charge in [0.25, 0.3) is 15.9 Å². The number of aromatic nitrogens is 1. The molecule has 5 aromatic rings. The molecule has 0 bridgehead atoms. The van der Waals surface area contributed by atoms with Crippen molar-refractivity contribution in [2.24, 2.45) is 5.10 Å². The monoisotopic (exact) mass is 670 g/mol. The van der Waals surface area contributed by atoms with E-state index < -0.39 is 15.9 Å². The number of hydrogen-bond donors (Lipinski definition) is 1. The van der Waals surface area contributed by atoms with Gasteiger partial charge in [-0.2, -0.15) is 5.10 Å². The maximum Gasteiger partial charge on any atom is 0.273 e. The Kier molecular flexibility index (Phi) is 9.32. The van der Waals surface area contributed by atoms with Crippen molar-refractivity contribution in [3.63, 3.8) is 0 Å². The Morgan fingerprint density at radius 1 is 0.932 bits per heavy atom. The highest BCUT2D eigenvalue weighted by Crippen LogP contribution is 2.30. The SMILES string of the molecule is COc1ccc(S(=O)(=O)N(Cc2ccccc2)c2ccccc2C(=O)N/N=C\c2cc(C)n(-c3cccc(Br)c3)c2C)cc1. The number of carbonyl (C=O) groups is 1. The van der Waals surface area contributed by atoms with Crippen LogP contribution < -0.4 is 14.5 Å². The first-order valence-electron chi connectivity index (χ1n) is 13.8. The van der Waals surface area contributed by atoms with Gasteiger partial charge >= 0.3 is 0 Å². The first kappa shape index (κ1) is 30.8. The Labute approximate surface area is 265 Å². The van der Waals surface area contributed by atoms with Crippen molar-refractivity contribution in [3.8, 4) is 11.4 Å². The fourth-order valence-corrected chi connectivity index (χ4v) is 6.82. The zero-order valence-corrected chi connectivity index (χ0v) is 26.8. The summed E-state index contributed by atoms with van der Waals surface area (Å²) in [5, 5.41) is 4.24. The van der Waals surface area contributed by atoms with Gasteiger partial charge in [0.1, 0.15) is 5.75 Å². The molecule has 0 radical (unpaired) electrons. The lowest BCUT2D eigenvalue weighted by atomic mass is 10.1. The molecule has 0 aliphatic heterocycles. The molecule has 1 amide bonds. The smallest absolute Gasteiger partial charge is 0.273 e. The van der Waals surface area contributed by atoms with Gasteiger partial charge < -0.3 is 9.30 Å². The molecule has 0 unspecified atom stereocenters. The van der Waals surface area contributed by atoms with Gasteiger partial charge in [-0.15, -0.1) is 0 Å². The van der Waals surface area contributed by atoms with Crippen molar-refractivity contribution in [1.82, 2.24) is 9.99 Å². The molecule has 0 fully saturated rings. The van der Waals surface area contributed by atoms with E-state index in [0.29, 0.717) is 5.75 Å². The Morgan fingerprint density at radius 2 is 1.64 bits per heavy atom. The fourth-order valence-electron chi connectivity index (χ4n) is 4.96. The van der Waals surface area contributed by atoms with Crippen molar-refractivity contribution < 1.29 is 17.9 Å². The molecule has 1 N–H and O–H groups in total. The van der Waals surface area contributed by atoms with E-state index in [9.17, 15) is 13.2 Å². The zero-order valence-electron chi connectivity index (χ0n) is 24.4. The van der Waals surface area contributed by atoms with Gasteiger partial charge in [0.05, 0.1) is 36.0 Å². The quantitative estimate of drug-likeness (QED) is 0.128. The minimum atomic E-state index is -4.08. The van der Waals surface area contributed by atoms with Crippen LogP contribution in [0.4, 0.5) is 5.69 Å². The van der Waals surface area contributed by atoms with Gasteiger partial charge in [0.2, 0.25) is 0 Å². The number of carbonyl (C=O) groups excluding carboxylic acids is 1. The summed E-state index contributed by atoms with van der Waals surface area (Å²) < 4.78 is 37.6. The van der Waals surface area contributed by atoms with Crippen molar-refractivity contribution in [3.05, 3.63) is 142 Å². The number of amides is 1. The molecule has 0 atom stereocenters. The number of nitrogens with one attached hydrogen (secondary N) is 1. The van der Waals surface area contributed by atoms with E-state index in [1.165, 1.54) is 23.5 Å². The molecular weight excluding hydrogens is 640 g/mol. The number of nitrogens with zero attached hydrogens (tertiary/aromatic N) is 3. The molecule has 44 heavy (non-hydrogen) atoms. The van der Waals surface area contributed by atoms with Gasteiger partial charge in [-0.1, -0.05) is 64.5 Å². The second-order valence-corrected chi connectivity index (χ2v) is 12.8. The number of hydrogen-bond acceptors (Lipinski definition) is 5. The van der Waals surface area contributed by atoms with Crippen LogP contribution in [0.25, 0.3) is 5.69 Å². The standard InChI is InChI=1S/C34H31BrN4O4S/c1-24-20-27(25(2)39(24)29-13-9-12-28(35)21-29)22-36-37-34(40)32-14-7-8-15-33(32)38(23-26-10-5-4-6-11-26)44(41,42)31-18-16-30(43-3)17-19-31/h4-22H,23H2,1-3H3,(H,37,40)/b36-22-. The van der Waals surface area contributed by atoms with Crippen LogP contribution in [0.1, 0.15) is 32.9 Å². The third kappa shape index (κ3) is 6.61. The third-order valence-electron chi connectivity index (χ3n) is 7.14. The van der Waals surface area contributed by atoms with Crippen LogP contribution in [0.15, 0.2) is 124 Å². The average molecular weight is 672 g/mol. The lowest BCUT2D eigenvalue weighted by molar-refractivity contribution is 0.0955. The lowest BCUT2D eigenvalue weighted by Crippen LogP contribution is -2.33. The Bertz CT molecular complexity index is 1920. The number of benzene rings is 4. The first-order valence-corrected chi connectivity index (χ1v) is 16.0. The van der Waals surface area contributed by atoms with Crippen LogP contribution in [0, 0.1) is 13.8 Å².